The average Bonchev–Trinajstić information content (AvgIpc) is 3.60. The van der Waals surface area contributed by atoms with E-state index in [1.165, 1.54) is 24.4 Å². The second-order valence-corrected chi connectivity index (χ2v) is 11.6. The van der Waals surface area contributed by atoms with Crippen molar-refractivity contribution in [3.05, 3.63) is 82.5 Å². The molecule has 1 aliphatic heterocycles. The van der Waals surface area contributed by atoms with E-state index in [4.69, 9.17) is 26.0 Å². The molecule has 0 saturated carbocycles. The SMILES string of the molecule is CC(C)(C)n1ncc(C(=O)Nc2ccc(Cl)c(CN3CCC(Oc4cc(C(=O)O)on4)CC3)c2)c1-c1ccc(F)cc1. The van der Waals surface area contributed by atoms with Gasteiger partial charge in [-0.25, -0.2) is 9.18 Å². The van der Waals surface area contributed by atoms with E-state index in [9.17, 15) is 14.0 Å². The van der Waals surface area contributed by atoms with E-state index < -0.39 is 11.5 Å². The summed E-state index contributed by atoms with van der Waals surface area (Å²) < 4.78 is 25.9. The normalized spacial score (nSPS) is 14.6. The van der Waals surface area contributed by atoms with E-state index >= 15 is 0 Å². The van der Waals surface area contributed by atoms with Crippen molar-refractivity contribution < 1.29 is 28.3 Å². The van der Waals surface area contributed by atoms with Gasteiger partial charge in [-0.15, -0.1) is 0 Å². The molecule has 42 heavy (non-hydrogen) atoms. The minimum atomic E-state index is -1.20. The molecule has 1 saturated heterocycles. The van der Waals surface area contributed by atoms with Gasteiger partial charge in [0.2, 0.25) is 5.76 Å². The number of piperidine rings is 1. The molecule has 2 aromatic carbocycles. The van der Waals surface area contributed by atoms with Gasteiger partial charge in [0.25, 0.3) is 11.8 Å². The van der Waals surface area contributed by atoms with Gasteiger partial charge >= 0.3 is 5.97 Å². The molecular weight excluding hydrogens is 565 g/mol. The van der Waals surface area contributed by atoms with Crippen molar-refractivity contribution in [2.45, 2.75) is 51.8 Å². The molecule has 220 valence electrons. The minimum absolute atomic E-state index is 0.113. The highest BCUT2D eigenvalue weighted by Crippen LogP contribution is 2.31. The van der Waals surface area contributed by atoms with Gasteiger partial charge < -0.3 is 19.7 Å². The van der Waals surface area contributed by atoms with E-state index in [-0.39, 0.29) is 29.5 Å². The second-order valence-electron chi connectivity index (χ2n) is 11.2. The third kappa shape index (κ3) is 6.63. The van der Waals surface area contributed by atoms with Gasteiger partial charge in [-0.3, -0.25) is 14.4 Å². The highest BCUT2D eigenvalue weighted by molar-refractivity contribution is 6.31. The Kier molecular flexibility index (Phi) is 8.33. The van der Waals surface area contributed by atoms with Crippen LogP contribution in [0.1, 0.15) is 60.1 Å². The van der Waals surface area contributed by atoms with Crippen molar-refractivity contribution in [2.75, 3.05) is 18.4 Å². The Bertz CT molecular complexity index is 1590. The van der Waals surface area contributed by atoms with E-state index in [0.29, 0.717) is 46.9 Å². The van der Waals surface area contributed by atoms with Gasteiger partial charge in [0, 0.05) is 35.9 Å². The number of aromatic nitrogens is 3. The Balaban J connectivity index is 1.26. The summed E-state index contributed by atoms with van der Waals surface area (Å²) in [5, 5.41) is 20.7. The molecule has 1 aliphatic rings. The summed E-state index contributed by atoms with van der Waals surface area (Å²) in [4.78, 5) is 26.7. The Morgan fingerprint density at radius 1 is 1.14 bits per heavy atom. The van der Waals surface area contributed by atoms with Gasteiger partial charge in [0.15, 0.2) is 0 Å². The van der Waals surface area contributed by atoms with E-state index in [0.717, 1.165) is 18.7 Å². The third-order valence-corrected chi connectivity index (χ3v) is 7.35. The number of ether oxygens (including phenoxy) is 1. The van der Waals surface area contributed by atoms with Crippen LogP contribution in [0.4, 0.5) is 10.1 Å². The highest BCUT2D eigenvalue weighted by atomic mass is 35.5. The zero-order chi connectivity index (χ0) is 30.0. The van der Waals surface area contributed by atoms with Gasteiger partial charge in [0.05, 0.1) is 29.1 Å². The lowest BCUT2D eigenvalue weighted by Gasteiger charge is -2.31. The molecule has 1 fully saturated rings. The number of halogens is 2. The van der Waals surface area contributed by atoms with Crippen LogP contribution in [0, 0.1) is 5.82 Å². The second kappa shape index (κ2) is 11.9. The van der Waals surface area contributed by atoms with Crippen LogP contribution in [0.3, 0.4) is 0 Å². The maximum Gasteiger partial charge on any atom is 0.374 e. The molecule has 0 unspecified atom stereocenters. The van der Waals surface area contributed by atoms with Crippen molar-refractivity contribution in [3.63, 3.8) is 0 Å². The first-order valence-corrected chi connectivity index (χ1v) is 13.9. The third-order valence-electron chi connectivity index (χ3n) is 6.99. The van der Waals surface area contributed by atoms with Gasteiger partial charge in [-0.2, -0.15) is 5.10 Å². The first kappa shape index (κ1) is 29.3. The fourth-order valence-corrected chi connectivity index (χ4v) is 5.07. The molecule has 2 aromatic heterocycles. The fraction of sp³-hybridized carbons (Fsp3) is 0.333. The quantitative estimate of drug-likeness (QED) is 0.251. The number of carboxylic acids is 1. The summed E-state index contributed by atoms with van der Waals surface area (Å²) in [7, 11) is 0. The van der Waals surface area contributed by atoms with Crippen LogP contribution in [0.25, 0.3) is 11.3 Å². The zero-order valence-corrected chi connectivity index (χ0v) is 24.2. The molecule has 0 aliphatic carbocycles. The molecule has 0 radical (unpaired) electrons. The van der Waals surface area contributed by atoms with Crippen molar-refractivity contribution in [1.29, 1.82) is 0 Å². The van der Waals surface area contributed by atoms with E-state index in [2.05, 4.69) is 20.5 Å². The number of rotatable bonds is 8. The van der Waals surface area contributed by atoms with E-state index in [1.807, 2.05) is 26.8 Å². The van der Waals surface area contributed by atoms with Gasteiger partial charge in [-0.05, 0) is 86.8 Å². The monoisotopic (exact) mass is 595 g/mol. The molecular formula is C30H31ClFN5O5. The predicted octanol–water partition coefficient (Wildman–Crippen LogP) is 6.08. The number of hydrogen-bond acceptors (Lipinski definition) is 7. The lowest BCUT2D eigenvalue weighted by molar-refractivity contribution is 0.0650. The molecule has 0 spiro atoms. The summed E-state index contributed by atoms with van der Waals surface area (Å²) in [5.74, 6) is -2.00. The number of carbonyl (C=O) groups is 2. The Labute approximate surface area is 247 Å². The maximum atomic E-state index is 13.6. The van der Waals surface area contributed by atoms with Crippen molar-refractivity contribution >= 4 is 29.2 Å². The van der Waals surface area contributed by atoms with Crippen LogP contribution >= 0.6 is 11.6 Å². The van der Waals surface area contributed by atoms with Crippen LogP contribution < -0.4 is 10.1 Å². The molecule has 1 amide bonds. The fourth-order valence-electron chi connectivity index (χ4n) is 4.89. The summed E-state index contributed by atoms with van der Waals surface area (Å²) in [6.45, 7) is 7.99. The smallest absolute Gasteiger partial charge is 0.374 e. The molecule has 3 heterocycles. The molecule has 12 heteroatoms. The summed E-state index contributed by atoms with van der Waals surface area (Å²) in [5.41, 5.74) is 2.70. The largest absolute Gasteiger partial charge is 0.475 e. The minimum Gasteiger partial charge on any atom is -0.475 e. The number of amides is 1. The van der Waals surface area contributed by atoms with Crippen LogP contribution in [-0.4, -0.2) is 56.0 Å². The number of carboxylic acid groups (broad SMARTS) is 1. The standard InChI is InChI=1S/C30H31ClFN5O5/c1-30(2,3)37-27(18-4-6-20(32)7-5-18)23(16-33-37)28(38)34-21-8-9-24(31)19(14-21)17-36-12-10-22(11-13-36)41-26-15-25(29(39)40)42-35-26/h4-9,14-16,22H,10-13,17H2,1-3H3,(H,34,38)(H,39,40). The number of carbonyl (C=O) groups excluding carboxylic acids is 1. The molecule has 10 nitrogen and oxygen atoms in total. The maximum absolute atomic E-state index is 13.6. The van der Waals surface area contributed by atoms with Crippen LogP contribution in [0.15, 0.2) is 59.3 Å². The molecule has 2 N–H and O–H groups in total. The first-order chi connectivity index (χ1) is 20.0. The summed E-state index contributed by atoms with van der Waals surface area (Å²) in [6.07, 6.45) is 2.85. The Morgan fingerprint density at radius 2 is 1.86 bits per heavy atom. The topological polar surface area (TPSA) is 123 Å². The first-order valence-electron chi connectivity index (χ1n) is 13.5. The molecule has 0 atom stereocenters. The molecule has 5 rings (SSSR count). The number of anilines is 1. The van der Waals surface area contributed by atoms with Gasteiger partial charge in [-0.1, -0.05) is 11.6 Å². The summed E-state index contributed by atoms with van der Waals surface area (Å²) >= 11 is 6.53. The number of nitrogens with zero attached hydrogens (tertiary/aromatic N) is 4. The molecule has 4 aromatic rings. The van der Waals surface area contributed by atoms with Crippen LogP contribution in [0.5, 0.6) is 5.88 Å². The highest BCUT2D eigenvalue weighted by Gasteiger charge is 2.26. The lowest BCUT2D eigenvalue weighted by atomic mass is 10.0. The average molecular weight is 596 g/mol. The number of benzene rings is 2. The van der Waals surface area contributed by atoms with Gasteiger partial charge in [0.1, 0.15) is 11.9 Å². The predicted molar refractivity (Wildman–Crippen MR) is 154 cm³/mol. The van der Waals surface area contributed by atoms with Crippen molar-refractivity contribution in [2.24, 2.45) is 0 Å². The van der Waals surface area contributed by atoms with Crippen molar-refractivity contribution in [3.8, 4) is 17.1 Å². The van der Waals surface area contributed by atoms with Crippen LogP contribution in [0.2, 0.25) is 5.02 Å². The number of aromatic carboxylic acids is 1. The zero-order valence-electron chi connectivity index (χ0n) is 23.4. The Morgan fingerprint density at radius 3 is 2.50 bits per heavy atom. The van der Waals surface area contributed by atoms with E-state index in [1.54, 1.807) is 28.9 Å². The summed E-state index contributed by atoms with van der Waals surface area (Å²) in [6, 6.07) is 12.6. The number of nitrogens with one attached hydrogen (secondary N) is 1. The molecule has 0 bridgehead atoms. The number of hydrogen-bond donors (Lipinski definition) is 2. The Hall–Kier alpha value is -4.22. The van der Waals surface area contributed by atoms with Crippen molar-refractivity contribution in [1.82, 2.24) is 19.8 Å². The van der Waals surface area contributed by atoms with Crippen LogP contribution in [-0.2, 0) is 12.1 Å². The lowest BCUT2D eigenvalue weighted by Crippen LogP contribution is -2.37. The number of likely N-dealkylation sites (tertiary alicyclic amines) is 1.